The van der Waals surface area contributed by atoms with Crippen LogP contribution >= 0.6 is 0 Å². The normalized spacial score (nSPS) is 10.8. The Balaban J connectivity index is 1.75. The van der Waals surface area contributed by atoms with Crippen LogP contribution in [0.15, 0.2) is 65.6 Å². The maximum absolute atomic E-state index is 14.4. The fraction of sp³-hybridized carbons (Fsp3) is 0.0476. The molecule has 2 heterocycles. The highest BCUT2D eigenvalue weighted by atomic mass is 19.2. The molecule has 0 fully saturated rings. The summed E-state index contributed by atoms with van der Waals surface area (Å²) in [7, 11) is 0. The van der Waals surface area contributed by atoms with Gasteiger partial charge in [0.15, 0.2) is 17.5 Å². The van der Waals surface area contributed by atoms with Crippen molar-refractivity contribution in [1.29, 1.82) is 0 Å². The zero-order valence-corrected chi connectivity index (χ0v) is 15.3. The van der Waals surface area contributed by atoms with Gasteiger partial charge in [0.1, 0.15) is 12.0 Å². The first-order valence-electron chi connectivity index (χ1n) is 8.78. The van der Waals surface area contributed by atoms with Crippen molar-refractivity contribution in [3.8, 4) is 22.5 Å². The summed E-state index contributed by atoms with van der Waals surface area (Å²) in [4.78, 5) is 20.4. The maximum atomic E-state index is 14.4. The lowest BCUT2D eigenvalue weighted by molar-refractivity contribution is -0.115. The molecule has 1 amide bonds. The van der Waals surface area contributed by atoms with Gasteiger partial charge in [0.2, 0.25) is 11.8 Å². The van der Waals surface area contributed by atoms with E-state index >= 15 is 0 Å². The largest absolute Gasteiger partial charge is 0.337 e. The fourth-order valence-electron chi connectivity index (χ4n) is 2.90. The minimum absolute atomic E-state index is 0.0552. The number of nitrogens with zero attached hydrogens (tertiary/aromatic N) is 3. The van der Waals surface area contributed by atoms with Crippen molar-refractivity contribution < 1.29 is 22.5 Å². The first kappa shape index (κ1) is 19.3. The summed E-state index contributed by atoms with van der Waals surface area (Å²) in [5, 5.41) is 6.35. The molecule has 1 N–H and O–H groups in total. The molecule has 0 saturated heterocycles. The van der Waals surface area contributed by atoms with Gasteiger partial charge in [-0.25, -0.2) is 23.1 Å². The molecule has 2 aromatic carbocycles. The van der Waals surface area contributed by atoms with Crippen molar-refractivity contribution >= 4 is 11.8 Å². The summed E-state index contributed by atoms with van der Waals surface area (Å²) in [6, 6.07) is 12.3. The van der Waals surface area contributed by atoms with Gasteiger partial charge in [-0.1, -0.05) is 35.5 Å². The number of benzene rings is 2. The molecule has 30 heavy (non-hydrogen) atoms. The van der Waals surface area contributed by atoms with Crippen LogP contribution in [-0.4, -0.2) is 21.0 Å². The number of amides is 1. The first-order valence-corrected chi connectivity index (χ1v) is 8.78. The summed E-state index contributed by atoms with van der Waals surface area (Å²) in [6.07, 6.45) is 2.72. The molecule has 0 spiro atoms. The molecule has 4 aromatic rings. The van der Waals surface area contributed by atoms with Gasteiger partial charge in [-0.15, -0.1) is 0 Å². The number of hydrogen-bond donors (Lipinski definition) is 1. The van der Waals surface area contributed by atoms with E-state index < -0.39 is 23.4 Å². The molecule has 0 aliphatic heterocycles. The van der Waals surface area contributed by atoms with Gasteiger partial charge in [0.05, 0.1) is 17.7 Å². The van der Waals surface area contributed by atoms with E-state index in [0.29, 0.717) is 0 Å². The Morgan fingerprint density at radius 2 is 1.80 bits per heavy atom. The SMILES string of the molecule is O=C(Cc1ccccc1)Nc1onc(-c2ccc(F)c(F)c2F)c1-c1ccncn1. The van der Waals surface area contributed by atoms with E-state index in [-0.39, 0.29) is 34.8 Å². The van der Waals surface area contributed by atoms with Crippen LogP contribution in [0.3, 0.4) is 0 Å². The third-order valence-electron chi connectivity index (χ3n) is 4.28. The highest BCUT2D eigenvalue weighted by Gasteiger charge is 2.26. The zero-order valence-electron chi connectivity index (χ0n) is 15.3. The van der Waals surface area contributed by atoms with Gasteiger partial charge in [-0.2, -0.15) is 0 Å². The molecule has 6 nitrogen and oxygen atoms in total. The number of carbonyl (C=O) groups is 1. The van der Waals surface area contributed by atoms with Crippen LogP contribution < -0.4 is 5.32 Å². The maximum Gasteiger partial charge on any atom is 0.241 e. The van der Waals surface area contributed by atoms with Crippen LogP contribution in [0.25, 0.3) is 22.5 Å². The van der Waals surface area contributed by atoms with Crippen LogP contribution in [0.4, 0.5) is 19.1 Å². The molecule has 150 valence electrons. The van der Waals surface area contributed by atoms with Gasteiger partial charge in [-0.05, 0) is 23.8 Å². The molecule has 9 heteroatoms. The topological polar surface area (TPSA) is 80.9 Å². The minimum atomic E-state index is -1.64. The van der Waals surface area contributed by atoms with Crippen LogP contribution in [-0.2, 0) is 11.2 Å². The van der Waals surface area contributed by atoms with Crippen LogP contribution in [0.5, 0.6) is 0 Å². The quantitative estimate of drug-likeness (QED) is 0.494. The van der Waals surface area contributed by atoms with E-state index in [2.05, 4.69) is 20.4 Å². The highest BCUT2D eigenvalue weighted by Crippen LogP contribution is 2.38. The number of halogens is 3. The number of hydrogen-bond acceptors (Lipinski definition) is 5. The highest BCUT2D eigenvalue weighted by molar-refractivity contribution is 5.97. The lowest BCUT2D eigenvalue weighted by Gasteiger charge is -2.07. The molecule has 0 atom stereocenters. The fourth-order valence-corrected chi connectivity index (χ4v) is 2.90. The van der Waals surface area contributed by atoms with Gasteiger partial charge in [0, 0.05) is 11.8 Å². The van der Waals surface area contributed by atoms with E-state index in [1.807, 2.05) is 6.07 Å². The Morgan fingerprint density at radius 1 is 1.00 bits per heavy atom. The van der Waals surface area contributed by atoms with Gasteiger partial charge >= 0.3 is 0 Å². The van der Waals surface area contributed by atoms with Crippen LogP contribution in [0.2, 0.25) is 0 Å². The smallest absolute Gasteiger partial charge is 0.241 e. The van der Waals surface area contributed by atoms with E-state index in [9.17, 15) is 18.0 Å². The molecule has 0 saturated carbocycles. The van der Waals surface area contributed by atoms with Crippen LogP contribution in [0.1, 0.15) is 5.56 Å². The summed E-state index contributed by atoms with van der Waals surface area (Å²) in [5.41, 5.74) is 0.657. The van der Waals surface area contributed by atoms with Crippen molar-refractivity contribution in [2.24, 2.45) is 0 Å². The Labute approximate surface area is 168 Å². The molecule has 2 aromatic heterocycles. The lowest BCUT2D eigenvalue weighted by Crippen LogP contribution is -2.14. The predicted octanol–water partition coefficient (Wildman–Crippen LogP) is 4.40. The molecule has 4 rings (SSSR count). The number of nitrogens with one attached hydrogen (secondary N) is 1. The van der Waals surface area contributed by atoms with Crippen molar-refractivity contribution in [2.75, 3.05) is 5.32 Å². The molecule has 0 bridgehead atoms. The van der Waals surface area contributed by atoms with E-state index in [1.165, 1.54) is 18.6 Å². The van der Waals surface area contributed by atoms with Crippen molar-refractivity contribution in [2.45, 2.75) is 6.42 Å². The average Bonchev–Trinajstić information content (AvgIpc) is 3.16. The minimum Gasteiger partial charge on any atom is -0.337 e. The molecule has 0 unspecified atom stereocenters. The Morgan fingerprint density at radius 3 is 2.53 bits per heavy atom. The first-order chi connectivity index (χ1) is 14.5. The number of rotatable bonds is 5. The summed E-state index contributed by atoms with van der Waals surface area (Å²) in [5.74, 6) is -4.92. The van der Waals surface area contributed by atoms with Gasteiger partial charge < -0.3 is 4.52 Å². The summed E-state index contributed by atoms with van der Waals surface area (Å²) in [6.45, 7) is 0. The van der Waals surface area contributed by atoms with Crippen LogP contribution in [0, 0.1) is 17.5 Å². The molecule has 0 aliphatic carbocycles. The second-order valence-corrected chi connectivity index (χ2v) is 6.26. The standard InChI is InChI=1S/C21H13F3N4O2/c22-14-7-6-13(18(23)19(14)24)20-17(15-8-9-25-11-26-15)21(30-28-20)27-16(29)10-12-4-2-1-3-5-12/h1-9,11H,10H2,(H,27,29). The Bertz CT molecular complexity index is 1200. The second kappa shape index (κ2) is 8.16. The number of anilines is 1. The number of aromatic nitrogens is 3. The molecular weight excluding hydrogens is 397 g/mol. The summed E-state index contributed by atoms with van der Waals surface area (Å²) >= 11 is 0. The van der Waals surface area contributed by atoms with E-state index in [4.69, 9.17) is 4.52 Å². The van der Waals surface area contributed by atoms with E-state index in [1.54, 1.807) is 24.3 Å². The van der Waals surface area contributed by atoms with E-state index in [0.717, 1.165) is 17.7 Å². The Hall–Kier alpha value is -4.01. The van der Waals surface area contributed by atoms with Crippen molar-refractivity contribution in [3.05, 3.63) is 84.1 Å². The predicted molar refractivity (Wildman–Crippen MR) is 102 cm³/mol. The van der Waals surface area contributed by atoms with Gasteiger partial charge in [-0.3, -0.25) is 10.1 Å². The third-order valence-corrected chi connectivity index (χ3v) is 4.28. The third kappa shape index (κ3) is 3.77. The second-order valence-electron chi connectivity index (χ2n) is 6.26. The molecule has 0 radical (unpaired) electrons. The van der Waals surface area contributed by atoms with Gasteiger partial charge in [0.25, 0.3) is 0 Å². The molecular formula is C21H13F3N4O2. The Kier molecular flexibility index (Phi) is 5.25. The monoisotopic (exact) mass is 410 g/mol. The van der Waals surface area contributed by atoms with Crippen molar-refractivity contribution in [1.82, 2.24) is 15.1 Å². The average molecular weight is 410 g/mol. The lowest BCUT2D eigenvalue weighted by atomic mass is 10.0. The number of carbonyl (C=O) groups excluding carboxylic acids is 1. The zero-order chi connectivity index (χ0) is 21.1. The van der Waals surface area contributed by atoms with Crippen molar-refractivity contribution in [3.63, 3.8) is 0 Å². The molecule has 0 aliphatic rings. The summed E-state index contributed by atoms with van der Waals surface area (Å²) < 4.78 is 46.7.